The van der Waals surface area contributed by atoms with Gasteiger partial charge in [0.15, 0.2) is 17.2 Å². The van der Waals surface area contributed by atoms with Crippen LogP contribution in [0.2, 0.25) is 0 Å². The van der Waals surface area contributed by atoms with Gasteiger partial charge in [0.05, 0.1) is 28.4 Å². The number of azo groups is 4. The maximum absolute atomic E-state index is 11.1. The number of benzene rings is 10. The number of aromatic hydroxyl groups is 3. The molecule has 0 atom stereocenters. The van der Waals surface area contributed by atoms with Gasteiger partial charge in [-0.25, -0.2) is 0 Å². The number of aryl methyl sites for hydroxylation is 8. The zero-order valence-corrected chi connectivity index (χ0v) is 44.9. The van der Waals surface area contributed by atoms with Crippen molar-refractivity contribution in [3.63, 3.8) is 0 Å². The van der Waals surface area contributed by atoms with Gasteiger partial charge < -0.3 is 15.3 Å². The fraction of sp³-hybridized carbons (Fsp3) is 0.188. The highest BCUT2D eigenvalue weighted by Gasteiger charge is 2.16. The highest BCUT2D eigenvalue weighted by atomic mass is 16.3. The molecule has 0 saturated carbocycles. The third-order valence-corrected chi connectivity index (χ3v) is 13.0. The minimum atomic E-state index is 0.0388. The average molecular weight is 993 g/mol. The number of hydrogen-bond donors (Lipinski definition) is 3. The number of phenolic OH excluding ortho intramolecular Hbond substituents is 3. The molecule has 0 bridgehead atoms. The van der Waals surface area contributed by atoms with E-state index >= 15 is 0 Å². The SMILES string of the molecule is CC.CC.Cc1cc2c(N=Nc3ccc4c(C)cc(C)c(C)c4c3O)cccc2c(O)c1N=Nc1ccccc1.Cc1ccc2c(N=Nc3ccccc3)ccc(N=Nc3ccc4c(C)cc(C)c(C)c4c3O)c2c1. The van der Waals surface area contributed by atoms with E-state index < -0.39 is 0 Å². The van der Waals surface area contributed by atoms with E-state index in [1.807, 2.05) is 191 Å². The van der Waals surface area contributed by atoms with Crippen LogP contribution in [0.25, 0.3) is 43.1 Å². The molecular formula is C64H64N8O3. The Bertz CT molecular complexity index is 3830. The van der Waals surface area contributed by atoms with Gasteiger partial charge in [0.25, 0.3) is 0 Å². The van der Waals surface area contributed by atoms with Gasteiger partial charge in [0, 0.05) is 32.3 Å². The predicted octanol–water partition coefficient (Wildman–Crippen LogP) is 21.3. The van der Waals surface area contributed by atoms with Crippen LogP contribution in [0.5, 0.6) is 17.2 Å². The molecule has 0 aromatic heterocycles. The van der Waals surface area contributed by atoms with Crippen LogP contribution in [0.4, 0.5) is 45.5 Å². The van der Waals surface area contributed by atoms with Gasteiger partial charge in [-0.05, 0) is 172 Å². The van der Waals surface area contributed by atoms with Gasteiger partial charge in [-0.3, -0.25) is 0 Å². The van der Waals surface area contributed by atoms with E-state index in [4.69, 9.17) is 0 Å². The van der Waals surface area contributed by atoms with Crippen molar-refractivity contribution in [3.05, 3.63) is 196 Å². The third kappa shape index (κ3) is 11.6. The molecule has 0 spiro atoms. The molecule has 0 aliphatic rings. The van der Waals surface area contributed by atoms with Crippen LogP contribution in [0, 0.1) is 55.4 Å². The van der Waals surface area contributed by atoms with E-state index in [0.717, 1.165) is 93.6 Å². The molecule has 0 saturated heterocycles. The molecule has 378 valence electrons. The second kappa shape index (κ2) is 24.2. The Kier molecular flexibility index (Phi) is 17.4. The molecule has 11 heteroatoms. The Morgan fingerprint density at radius 1 is 0.280 bits per heavy atom. The predicted molar refractivity (Wildman–Crippen MR) is 311 cm³/mol. The van der Waals surface area contributed by atoms with Crippen molar-refractivity contribution in [2.75, 3.05) is 0 Å². The van der Waals surface area contributed by atoms with Crippen LogP contribution in [0.1, 0.15) is 72.2 Å². The fourth-order valence-corrected chi connectivity index (χ4v) is 8.91. The quantitative estimate of drug-likeness (QED) is 0.130. The second-order valence-electron chi connectivity index (χ2n) is 17.9. The van der Waals surface area contributed by atoms with Crippen LogP contribution >= 0.6 is 0 Å². The Balaban J connectivity index is 0.000000205. The summed E-state index contributed by atoms with van der Waals surface area (Å²) in [6.45, 7) is 24.1. The minimum Gasteiger partial charge on any atom is -0.505 e. The van der Waals surface area contributed by atoms with Crippen molar-refractivity contribution in [1.29, 1.82) is 0 Å². The summed E-state index contributed by atoms with van der Waals surface area (Å²) in [6, 6.07) is 48.2. The lowest BCUT2D eigenvalue weighted by molar-refractivity contribution is 0.481. The summed E-state index contributed by atoms with van der Waals surface area (Å²) in [5.41, 5.74) is 13.2. The maximum Gasteiger partial charge on any atom is 0.151 e. The van der Waals surface area contributed by atoms with Crippen LogP contribution in [-0.2, 0) is 0 Å². The molecule has 0 radical (unpaired) electrons. The van der Waals surface area contributed by atoms with Gasteiger partial charge in [0.1, 0.15) is 17.1 Å². The smallest absolute Gasteiger partial charge is 0.151 e. The summed E-state index contributed by atoms with van der Waals surface area (Å²) in [7, 11) is 0. The number of fused-ring (bicyclic) bond motifs is 4. The van der Waals surface area contributed by atoms with Crippen molar-refractivity contribution >= 4 is 88.6 Å². The number of nitrogens with zero attached hydrogens (tertiary/aromatic N) is 8. The van der Waals surface area contributed by atoms with Crippen LogP contribution in [0.3, 0.4) is 0 Å². The first-order valence-corrected chi connectivity index (χ1v) is 25.3. The number of hydrogen-bond acceptors (Lipinski definition) is 11. The summed E-state index contributed by atoms with van der Waals surface area (Å²) in [5, 5.41) is 75.2. The van der Waals surface area contributed by atoms with Crippen molar-refractivity contribution in [2.45, 2.75) is 83.1 Å². The van der Waals surface area contributed by atoms with E-state index in [1.165, 1.54) is 0 Å². The number of phenols is 3. The Morgan fingerprint density at radius 3 is 1.21 bits per heavy atom. The average Bonchev–Trinajstić information content (AvgIpc) is 3.43. The molecular weight excluding hydrogens is 929 g/mol. The molecule has 10 aromatic rings. The van der Waals surface area contributed by atoms with E-state index in [9.17, 15) is 15.3 Å². The molecule has 10 rings (SSSR count). The van der Waals surface area contributed by atoms with Crippen LogP contribution in [0.15, 0.2) is 193 Å². The van der Waals surface area contributed by atoms with Gasteiger partial charge in [-0.15, -0.1) is 30.7 Å². The van der Waals surface area contributed by atoms with Gasteiger partial charge in [0.2, 0.25) is 0 Å². The summed E-state index contributed by atoms with van der Waals surface area (Å²) >= 11 is 0. The number of rotatable bonds is 8. The lowest BCUT2D eigenvalue weighted by Crippen LogP contribution is -1.88. The largest absolute Gasteiger partial charge is 0.505 e. The third-order valence-electron chi connectivity index (χ3n) is 13.0. The van der Waals surface area contributed by atoms with Crippen molar-refractivity contribution in [2.24, 2.45) is 40.9 Å². The zero-order chi connectivity index (χ0) is 53.9. The molecule has 10 aromatic carbocycles. The first-order chi connectivity index (χ1) is 36.3. The Morgan fingerprint density at radius 2 is 0.693 bits per heavy atom. The van der Waals surface area contributed by atoms with E-state index in [0.29, 0.717) is 39.5 Å². The normalized spacial score (nSPS) is 11.4. The second-order valence-corrected chi connectivity index (χ2v) is 17.9. The topological polar surface area (TPSA) is 160 Å². The molecule has 0 aliphatic carbocycles. The van der Waals surface area contributed by atoms with Crippen molar-refractivity contribution in [3.8, 4) is 17.2 Å². The molecule has 75 heavy (non-hydrogen) atoms. The summed E-state index contributed by atoms with van der Waals surface area (Å²) < 4.78 is 0. The van der Waals surface area contributed by atoms with Crippen molar-refractivity contribution < 1.29 is 15.3 Å². The summed E-state index contributed by atoms with van der Waals surface area (Å²) in [5.74, 6) is 0.310. The highest BCUT2D eigenvalue weighted by Crippen LogP contribution is 2.45. The molecule has 3 N–H and O–H groups in total. The summed E-state index contributed by atoms with van der Waals surface area (Å²) in [6.07, 6.45) is 0. The van der Waals surface area contributed by atoms with Crippen molar-refractivity contribution in [1.82, 2.24) is 0 Å². The standard InChI is InChI=1S/C30H26N4O2.C30H26N4O.2C2H6/c1-17-15-18(2)22-13-14-26(30(36)27(22)20(17)4)33-32-25-12-8-11-23-24(25)16-19(3)28(29(23)35)34-31-21-9-6-5-7-10-21;1-18-10-11-24-25(16-18)27(15-14-26(24)32-31-22-8-6-5-7-9-22)33-34-28-13-12-23-20(3)17-19(2)21(4)29(23)30(28)35;2*1-2/h5-16,35-36H,1-4H3;5-17,35H,1-4H3;2*1-2H3. The first-order valence-electron chi connectivity index (χ1n) is 25.3. The Hall–Kier alpha value is -8.96. The van der Waals surface area contributed by atoms with Crippen LogP contribution in [-0.4, -0.2) is 15.3 Å². The molecule has 0 aliphatic heterocycles. The molecule has 0 unspecified atom stereocenters. The lowest BCUT2D eigenvalue weighted by Gasteiger charge is -2.12. The summed E-state index contributed by atoms with van der Waals surface area (Å²) in [4.78, 5) is 0. The fourth-order valence-electron chi connectivity index (χ4n) is 8.91. The van der Waals surface area contributed by atoms with E-state index in [-0.39, 0.29) is 17.2 Å². The van der Waals surface area contributed by atoms with Gasteiger partial charge >= 0.3 is 0 Å². The highest BCUT2D eigenvalue weighted by molar-refractivity contribution is 6.02. The Labute approximate surface area is 439 Å². The van der Waals surface area contributed by atoms with Gasteiger partial charge in [-0.2, -0.15) is 10.2 Å². The lowest BCUT2D eigenvalue weighted by atomic mass is 9.95. The molecule has 0 fully saturated rings. The van der Waals surface area contributed by atoms with E-state index in [2.05, 4.69) is 73.0 Å². The van der Waals surface area contributed by atoms with Crippen LogP contribution < -0.4 is 0 Å². The molecule has 11 nitrogen and oxygen atoms in total. The monoisotopic (exact) mass is 993 g/mol. The molecule has 0 amide bonds. The first kappa shape index (κ1) is 53.8. The maximum atomic E-state index is 11.1. The van der Waals surface area contributed by atoms with Gasteiger partial charge in [-0.1, -0.05) is 118 Å². The minimum absolute atomic E-state index is 0.0388. The van der Waals surface area contributed by atoms with E-state index in [1.54, 1.807) is 12.1 Å². The molecule has 0 heterocycles. The zero-order valence-electron chi connectivity index (χ0n) is 44.9.